The largest absolute Gasteiger partial charge is 0.472 e. The zero-order chi connectivity index (χ0) is 40.2. The molecular formula is C46H90NO7P. The second kappa shape index (κ2) is 44.1. The van der Waals surface area contributed by atoms with E-state index in [0.717, 1.165) is 44.9 Å². The second-order valence-corrected chi connectivity index (χ2v) is 17.1. The van der Waals surface area contributed by atoms with Gasteiger partial charge in [-0.1, -0.05) is 199 Å². The van der Waals surface area contributed by atoms with E-state index in [2.05, 4.69) is 38.2 Å². The van der Waals surface area contributed by atoms with E-state index >= 15 is 0 Å². The predicted octanol–water partition coefficient (Wildman–Crippen LogP) is 14.0. The summed E-state index contributed by atoms with van der Waals surface area (Å²) < 4.78 is 33.5. The third kappa shape index (κ3) is 43.9. The van der Waals surface area contributed by atoms with Crippen LogP contribution in [0.2, 0.25) is 0 Å². The maximum Gasteiger partial charge on any atom is 0.472 e. The Balaban J connectivity index is 3.97. The topological polar surface area (TPSA) is 117 Å². The highest BCUT2D eigenvalue weighted by molar-refractivity contribution is 7.47. The zero-order valence-electron chi connectivity index (χ0n) is 36.2. The number of carbonyl (C=O) groups excluding carboxylic acids is 1. The van der Waals surface area contributed by atoms with Crippen LogP contribution in [0.5, 0.6) is 0 Å². The normalized spacial score (nSPS) is 13.6. The number of carbonyl (C=O) groups is 1. The lowest BCUT2D eigenvalue weighted by atomic mass is 10.0. The summed E-state index contributed by atoms with van der Waals surface area (Å²) >= 11 is 0. The van der Waals surface area contributed by atoms with Crippen LogP contribution in [0.4, 0.5) is 0 Å². The lowest BCUT2D eigenvalue weighted by Gasteiger charge is -2.20. The maximum atomic E-state index is 12.6. The molecule has 8 nitrogen and oxygen atoms in total. The third-order valence-electron chi connectivity index (χ3n) is 10.1. The van der Waals surface area contributed by atoms with Crippen LogP contribution in [0.3, 0.4) is 0 Å². The van der Waals surface area contributed by atoms with Crippen molar-refractivity contribution in [2.45, 2.75) is 232 Å². The number of phosphoric acid groups is 1. The molecule has 0 rings (SSSR count). The van der Waals surface area contributed by atoms with E-state index in [-0.39, 0.29) is 32.3 Å². The summed E-state index contributed by atoms with van der Waals surface area (Å²) in [6.45, 7) is 4.91. The standard InChI is InChI=1S/C46H90NO7P/c1-3-5-7-9-11-13-15-17-19-21-22-23-24-25-27-29-31-33-35-37-39-46(48)54-45(44-53-55(49,50)52-42-40-47)43-51-41-38-36-34-32-30-28-26-20-18-16-14-12-10-8-6-4-2/h12,14,18,20,45H,3-11,13,15-17,19,21-44,47H2,1-2H3,(H,49,50)/b14-12-,20-18-. The van der Waals surface area contributed by atoms with Crippen LogP contribution < -0.4 is 5.73 Å². The van der Waals surface area contributed by atoms with Crippen molar-refractivity contribution >= 4 is 13.8 Å². The number of unbranched alkanes of at least 4 members (excludes halogenated alkanes) is 28. The van der Waals surface area contributed by atoms with Gasteiger partial charge in [0, 0.05) is 19.6 Å². The number of nitrogens with two attached hydrogens (primary N) is 1. The molecule has 0 heterocycles. The fraction of sp³-hybridized carbons (Fsp3) is 0.891. The van der Waals surface area contributed by atoms with Gasteiger partial charge >= 0.3 is 13.8 Å². The van der Waals surface area contributed by atoms with Crippen LogP contribution in [0, 0.1) is 0 Å². The summed E-state index contributed by atoms with van der Waals surface area (Å²) in [7, 11) is -4.28. The first-order valence-electron chi connectivity index (χ1n) is 23.3. The summed E-state index contributed by atoms with van der Waals surface area (Å²) in [5.74, 6) is -0.330. The lowest BCUT2D eigenvalue weighted by Crippen LogP contribution is -2.28. The van der Waals surface area contributed by atoms with Gasteiger partial charge < -0.3 is 20.1 Å². The van der Waals surface area contributed by atoms with Crippen molar-refractivity contribution in [1.82, 2.24) is 0 Å². The summed E-state index contributed by atoms with van der Waals surface area (Å²) in [4.78, 5) is 22.5. The van der Waals surface area contributed by atoms with Crippen molar-refractivity contribution < 1.29 is 32.8 Å². The highest BCUT2D eigenvalue weighted by atomic mass is 31.2. The van der Waals surface area contributed by atoms with Crippen molar-refractivity contribution in [2.75, 3.05) is 33.0 Å². The number of phosphoric ester groups is 1. The van der Waals surface area contributed by atoms with Gasteiger partial charge in [-0.15, -0.1) is 0 Å². The first-order valence-corrected chi connectivity index (χ1v) is 24.8. The fourth-order valence-electron chi connectivity index (χ4n) is 6.68. The van der Waals surface area contributed by atoms with Crippen LogP contribution in [-0.2, 0) is 27.9 Å². The Bertz CT molecular complexity index is 900. The average molecular weight is 800 g/mol. The van der Waals surface area contributed by atoms with Crippen LogP contribution in [-0.4, -0.2) is 49.9 Å². The van der Waals surface area contributed by atoms with E-state index in [1.165, 1.54) is 161 Å². The van der Waals surface area contributed by atoms with Gasteiger partial charge in [0.1, 0.15) is 6.10 Å². The number of ether oxygens (including phenoxy) is 2. The van der Waals surface area contributed by atoms with E-state index in [0.29, 0.717) is 13.0 Å². The molecule has 326 valence electrons. The molecule has 55 heavy (non-hydrogen) atoms. The number of rotatable bonds is 45. The molecular weight excluding hydrogens is 709 g/mol. The summed E-state index contributed by atoms with van der Waals surface area (Å²) in [6, 6.07) is 0. The minimum atomic E-state index is -4.28. The molecule has 0 aliphatic rings. The van der Waals surface area contributed by atoms with Crippen molar-refractivity contribution in [3.05, 3.63) is 24.3 Å². The highest BCUT2D eigenvalue weighted by Gasteiger charge is 2.25. The Morgan fingerprint density at radius 2 is 0.964 bits per heavy atom. The minimum absolute atomic E-state index is 0.0955. The van der Waals surface area contributed by atoms with Crippen molar-refractivity contribution in [3.8, 4) is 0 Å². The molecule has 0 radical (unpaired) electrons. The van der Waals surface area contributed by atoms with Crippen molar-refractivity contribution in [3.63, 3.8) is 0 Å². The molecule has 0 saturated heterocycles. The smallest absolute Gasteiger partial charge is 0.457 e. The molecule has 2 unspecified atom stereocenters. The molecule has 0 aromatic carbocycles. The molecule has 0 aliphatic carbocycles. The second-order valence-electron chi connectivity index (χ2n) is 15.6. The first kappa shape index (κ1) is 54.0. The summed E-state index contributed by atoms with van der Waals surface area (Å²) in [5.41, 5.74) is 5.38. The Morgan fingerprint density at radius 3 is 1.45 bits per heavy atom. The molecule has 0 aromatic heterocycles. The van der Waals surface area contributed by atoms with E-state index in [9.17, 15) is 14.3 Å². The summed E-state index contributed by atoms with van der Waals surface area (Å²) in [5, 5.41) is 0. The molecule has 0 fully saturated rings. The van der Waals surface area contributed by atoms with Gasteiger partial charge in [0.25, 0.3) is 0 Å². The quantitative estimate of drug-likeness (QED) is 0.0271. The molecule has 9 heteroatoms. The molecule has 0 bridgehead atoms. The monoisotopic (exact) mass is 800 g/mol. The van der Waals surface area contributed by atoms with Crippen molar-refractivity contribution in [1.29, 1.82) is 0 Å². The van der Waals surface area contributed by atoms with Gasteiger partial charge in [-0.2, -0.15) is 0 Å². The highest BCUT2D eigenvalue weighted by Crippen LogP contribution is 2.43. The number of hydrogen-bond acceptors (Lipinski definition) is 7. The SMILES string of the molecule is CCCCC/C=C\C/C=C\CCCCCCCCOCC(COP(=O)(O)OCCN)OC(=O)CCCCCCCCCCCCCCCCCCCCCC. The van der Waals surface area contributed by atoms with Gasteiger partial charge in [0.2, 0.25) is 0 Å². The Labute approximate surface area is 340 Å². The molecule has 3 N–H and O–H groups in total. The molecule has 0 aliphatic heterocycles. The van der Waals surface area contributed by atoms with Crippen LogP contribution in [0.15, 0.2) is 24.3 Å². The van der Waals surface area contributed by atoms with Crippen LogP contribution in [0.1, 0.15) is 226 Å². The molecule has 0 aromatic rings. The maximum absolute atomic E-state index is 12.6. The molecule has 0 amide bonds. The molecule has 0 saturated carbocycles. The number of hydrogen-bond donors (Lipinski definition) is 2. The molecule has 0 spiro atoms. The number of allylic oxidation sites excluding steroid dienone is 4. The Kier molecular flexibility index (Phi) is 43.3. The first-order chi connectivity index (χ1) is 26.9. The summed E-state index contributed by atoms with van der Waals surface area (Å²) in [6.07, 6.45) is 49.1. The van der Waals surface area contributed by atoms with Gasteiger partial charge in [-0.05, 0) is 44.9 Å². The van der Waals surface area contributed by atoms with Gasteiger partial charge in [-0.3, -0.25) is 13.8 Å². The van der Waals surface area contributed by atoms with E-state index in [1.54, 1.807) is 0 Å². The van der Waals surface area contributed by atoms with Crippen LogP contribution >= 0.6 is 7.82 Å². The Morgan fingerprint density at radius 1 is 0.545 bits per heavy atom. The van der Waals surface area contributed by atoms with Gasteiger partial charge in [0.05, 0.1) is 19.8 Å². The third-order valence-corrected chi connectivity index (χ3v) is 11.1. The fourth-order valence-corrected chi connectivity index (χ4v) is 7.44. The molecule has 2 atom stereocenters. The van der Waals surface area contributed by atoms with Crippen LogP contribution in [0.25, 0.3) is 0 Å². The lowest BCUT2D eigenvalue weighted by molar-refractivity contribution is -0.154. The van der Waals surface area contributed by atoms with Gasteiger partial charge in [-0.25, -0.2) is 4.57 Å². The Hall–Kier alpha value is -1.02. The average Bonchev–Trinajstić information content (AvgIpc) is 3.17. The minimum Gasteiger partial charge on any atom is -0.457 e. The number of esters is 1. The van der Waals surface area contributed by atoms with Crippen molar-refractivity contribution in [2.24, 2.45) is 5.73 Å². The zero-order valence-corrected chi connectivity index (χ0v) is 37.1. The van der Waals surface area contributed by atoms with E-state index < -0.39 is 13.9 Å². The van der Waals surface area contributed by atoms with Gasteiger partial charge in [0.15, 0.2) is 0 Å². The van der Waals surface area contributed by atoms with E-state index in [1.807, 2.05) is 0 Å². The van der Waals surface area contributed by atoms with E-state index in [4.69, 9.17) is 24.3 Å². The predicted molar refractivity (Wildman–Crippen MR) is 233 cm³/mol.